The Balaban J connectivity index is 1.08. The van der Waals surface area contributed by atoms with Crippen molar-refractivity contribution in [2.75, 3.05) is 18.4 Å². The molecule has 14 heteroatoms. The predicted molar refractivity (Wildman–Crippen MR) is 172 cm³/mol. The van der Waals surface area contributed by atoms with Crippen molar-refractivity contribution in [1.29, 1.82) is 5.26 Å². The maximum absolute atomic E-state index is 12.9. The van der Waals surface area contributed by atoms with Gasteiger partial charge in [-0.25, -0.2) is 9.97 Å². The first-order chi connectivity index (χ1) is 22.1. The molecule has 46 heavy (non-hydrogen) atoms. The van der Waals surface area contributed by atoms with Gasteiger partial charge in [-0.2, -0.15) is 18.4 Å². The van der Waals surface area contributed by atoms with E-state index in [0.29, 0.717) is 39.8 Å². The number of nitrogens with zero attached hydrogens (tertiary/aromatic N) is 6. The number of nitriles is 1. The highest BCUT2D eigenvalue weighted by Gasteiger charge is 2.29. The van der Waals surface area contributed by atoms with E-state index in [1.807, 2.05) is 16.8 Å². The summed E-state index contributed by atoms with van der Waals surface area (Å²) in [7, 11) is 0. The number of thiophene rings is 1. The number of allylic oxidation sites excluding steroid dienone is 1. The van der Waals surface area contributed by atoms with Gasteiger partial charge in [-0.1, -0.05) is 17.7 Å². The summed E-state index contributed by atoms with van der Waals surface area (Å²) in [4.78, 5) is 11.7. The molecule has 0 saturated carbocycles. The van der Waals surface area contributed by atoms with Crippen molar-refractivity contribution in [3.05, 3.63) is 76.7 Å². The Hall–Kier alpha value is -4.13. The van der Waals surface area contributed by atoms with Crippen LogP contribution in [0.4, 0.5) is 19.0 Å². The lowest BCUT2D eigenvalue weighted by atomic mass is 10.0. The number of aromatic nitrogens is 3. The van der Waals surface area contributed by atoms with Gasteiger partial charge in [-0.3, -0.25) is 4.90 Å². The zero-order valence-corrected chi connectivity index (χ0v) is 26.1. The molecule has 0 amide bonds. The molecule has 0 aliphatic carbocycles. The topological polar surface area (TPSA) is 119 Å². The molecule has 3 aromatic heterocycles. The number of aliphatic hydroxyl groups excluding tert-OH is 1. The molecule has 0 bridgehead atoms. The zero-order valence-electron chi connectivity index (χ0n) is 25.3. The number of alkyl halides is 3. The minimum atomic E-state index is -4.26. The van der Waals surface area contributed by atoms with Crippen LogP contribution < -0.4 is 15.9 Å². The molecule has 0 spiro atoms. The number of hydrogen-bond acceptors (Lipinski definition) is 9. The lowest BCUT2D eigenvalue weighted by Crippen LogP contribution is -3.10. The number of aryl methyl sites for hydroxylation is 2. The molecular formula is C32H35F3N9OS+. The monoisotopic (exact) mass is 650 g/mol. The zero-order chi connectivity index (χ0) is 32.4. The first-order valence-electron chi connectivity index (χ1n) is 15.1. The number of rotatable bonds is 11. The lowest BCUT2D eigenvalue weighted by molar-refractivity contribution is -0.905. The largest absolute Gasteiger partial charge is 0.393 e. The molecule has 2 aliphatic heterocycles. The molecule has 2 atom stereocenters. The number of quaternary nitrogens is 1. The van der Waals surface area contributed by atoms with Crippen molar-refractivity contribution in [1.82, 2.24) is 24.9 Å². The fourth-order valence-electron chi connectivity index (χ4n) is 6.07. The van der Waals surface area contributed by atoms with Crippen molar-refractivity contribution in [3.8, 4) is 6.07 Å². The van der Waals surface area contributed by atoms with Gasteiger partial charge >= 0.3 is 6.18 Å². The number of anilines is 1. The third-order valence-corrected chi connectivity index (χ3v) is 9.54. The van der Waals surface area contributed by atoms with E-state index in [9.17, 15) is 23.5 Å². The third-order valence-electron chi connectivity index (χ3n) is 8.49. The molecule has 240 valence electrons. The second kappa shape index (κ2) is 13.3. The summed E-state index contributed by atoms with van der Waals surface area (Å²) < 4.78 is 40.8. The fourth-order valence-corrected chi connectivity index (χ4v) is 7.10. The van der Waals surface area contributed by atoms with E-state index in [1.165, 1.54) is 18.0 Å². The van der Waals surface area contributed by atoms with E-state index in [4.69, 9.17) is 0 Å². The summed E-state index contributed by atoms with van der Waals surface area (Å²) >= 11 is 1.06. The Labute approximate surface area is 268 Å². The number of nitrogens with one attached hydrogen (secondary N) is 3. The molecule has 0 radical (unpaired) electrons. The molecule has 1 saturated heterocycles. The van der Waals surface area contributed by atoms with Crippen molar-refractivity contribution in [2.45, 2.75) is 64.1 Å². The third kappa shape index (κ3) is 7.14. The predicted octanol–water partition coefficient (Wildman–Crippen LogP) is 4.17. The van der Waals surface area contributed by atoms with Gasteiger partial charge in [0, 0.05) is 53.6 Å². The normalized spacial score (nSPS) is 18.3. The Bertz CT molecular complexity index is 1850. The summed E-state index contributed by atoms with van der Waals surface area (Å²) in [5, 5.41) is 29.7. The van der Waals surface area contributed by atoms with Gasteiger partial charge in [-0.05, 0) is 61.6 Å². The van der Waals surface area contributed by atoms with Gasteiger partial charge < -0.3 is 15.0 Å². The smallest absolute Gasteiger partial charge is 0.370 e. The summed E-state index contributed by atoms with van der Waals surface area (Å²) in [6, 6.07) is 10.3. The van der Waals surface area contributed by atoms with Gasteiger partial charge in [0.05, 0.1) is 18.0 Å². The van der Waals surface area contributed by atoms with Crippen molar-refractivity contribution < 1.29 is 23.4 Å². The molecule has 2 unspecified atom stereocenters. The minimum absolute atomic E-state index is 0.160. The molecule has 2 aliphatic rings. The fraction of sp³-hybridized carbons (Fsp3) is 0.375. The molecule has 1 fully saturated rings. The molecular weight excluding hydrogens is 615 g/mol. The van der Waals surface area contributed by atoms with Crippen molar-refractivity contribution in [3.63, 3.8) is 0 Å². The molecule has 4 N–H and O–H groups in total. The highest BCUT2D eigenvalue weighted by Crippen LogP contribution is 2.33. The van der Waals surface area contributed by atoms with E-state index in [-0.39, 0.29) is 10.9 Å². The Morgan fingerprint density at radius 1 is 1.24 bits per heavy atom. The Morgan fingerprint density at radius 3 is 2.78 bits per heavy atom. The molecule has 5 heterocycles. The lowest BCUT2D eigenvalue weighted by Gasteiger charge is -2.33. The number of likely N-dealkylation sites (tertiary alicyclic amines) is 1. The van der Waals surface area contributed by atoms with Crippen LogP contribution in [0.1, 0.15) is 41.0 Å². The van der Waals surface area contributed by atoms with Gasteiger partial charge in [0.1, 0.15) is 34.9 Å². The quantitative estimate of drug-likeness (QED) is 0.142. The molecule has 10 nitrogen and oxygen atoms in total. The average Bonchev–Trinajstić information content (AvgIpc) is 3.74. The van der Waals surface area contributed by atoms with Gasteiger partial charge in [0.25, 0.3) is 0 Å². The highest BCUT2D eigenvalue weighted by atomic mass is 32.1. The first-order valence-corrected chi connectivity index (χ1v) is 15.9. The van der Waals surface area contributed by atoms with Crippen LogP contribution in [0, 0.1) is 18.3 Å². The molecule has 6 rings (SSSR count). The molecule has 4 aromatic rings. The van der Waals surface area contributed by atoms with Crippen LogP contribution in [0.3, 0.4) is 0 Å². The number of benzene rings is 1. The van der Waals surface area contributed by atoms with Crippen LogP contribution in [-0.4, -0.2) is 62.3 Å². The van der Waals surface area contributed by atoms with Crippen LogP contribution >= 0.6 is 11.3 Å². The van der Waals surface area contributed by atoms with Crippen LogP contribution in [0.25, 0.3) is 21.1 Å². The maximum Gasteiger partial charge on any atom is 0.393 e. The number of hydrogen-bond donors (Lipinski definition) is 4. The van der Waals surface area contributed by atoms with Crippen LogP contribution in [0.2, 0.25) is 0 Å². The second-order valence-corrected chi connectivity index (χ2v) is 12.8. The van der Waals surface area contributed by atoms with Gasteiger partial charge in [-0.15, -0.1) is 21.9 Å². The van der Waals surface area contributed by atoms with E-state index in [1.54, 1.807) is 12.3 Å². The minimum Gasteiger partial charge on any atom is -0.370 e. The number of fused-ring (bicyclic) bond motifs is 2. The van der Waals surface area contributed by atoms with Crippen LogP contribution in [-0.2, 0) is 19.5 Å². The van der Waals surface area contributed by atoms with Gasteiger partial charge in [0.2, 0.25) is 0 Å². The Morgan fingerprint density at radius 2 is 2.04 bits per heavy atom. The van der Waals surface area contributed by atoms with E-state index >= 15 is 0 Å². The van der Waals surface area contributed by atoms with Crippen LogP contribution in [0.15, 0.2) is 60.1 Å². The van der Waals surface area contributed by atoms with E-state index in [2.05, 4.69) is 62.4 Å². The summed E-state index contributed by atoms with van der Waals surface area (Å²) in [5.74, 6) is 0.588. The number of piperidine rings is 1. The van der Waals surface area contributed by atoms with Crippen LogP contribution in [0.5, 0.6) is 0 Å². The first kappa shape index (κ1) is 31.8. The highest BCUT2D eigenvalue weighted by molar-refractivity contribution is 7.18. The van der Waals surface area contributed by atoms with Crippen molar-refractivity contribution in [2.24, 2.45) is 5.10 Å². The average molecular weight is 651 g/mol. The summed E-state index contributed by atoms with van der Waals surface area (Å²) in [6.07, 6.45) is 2.79. The maximum atomic E-state index is 12.9. The summed E-state index contributed by atoms with van der Waals surface area (Å²) in [6.45, 7) is 8.80. The summed E-state index contributed by atoms with van der Waals surface area (Å²) in [5.41, 5.74) is 7.85. The SMILES string of the molecule is C=CC(O)N[NH+]1C=C(CCn2c(C#N)cc3c(C)c(CN4CCC(Nc5ncnc6sc(CC(F)(F)F)cc56)CC4)ccc32)C=N1. The number of halogens is 3. The second-order valence-electron chi connectivity index (χ2n) is 11.7. The Kier molecular flexibility index (Phi) is 9.21. The van der Waals surface area contributed by atoms with E-state index < -0.39 is 18.8 Å². The molecule has 1 aromatic carbocycles. The van der Waals surface area contributed by atoms with Gasteiger partial charge in [0.15, 0.2) is 6.23 Å². The number of aliphatic hydroxyl groups is 1. The van der Waals surface area contributed by atoms with E-state index in [0.717, 1.165) is 65.9 Å². The standard InChI is InChI=1S/C32H34F3N9OS/c1-3-29(45)41-44-17-21(16-39-44)6-11-43-24(15-36)12-26-20(2)22(4-5-28(26)43)18-42-9-7-23(8-10-42)40-30-27-13-25(14-32(33,34)35)46-31(27)38-19-37-30/h3-5,12-13,16-17,19,23,29,41,45H,1,6-11,14,18H2,2H3,(H,37,38,40)/p+1. The van der Waals surface area contributed by atoms with Crippen molar-refractivity contribution >= 4 is 44.5 Å².